The quantitative estimate of drug-likeness (QED) is 0.524. The molecule has 0 aromatic rings. The van der Waals surface area contributed by atoms with Crippen LogP contribution in [0, 0.1) is 46.3 Å². The number of fused-ring (bicyclic) bond motifs is 5. The third kappa shape index (κ3) is 3.17. The van der Waals surface area contributed by atoms with Crippen LogP contribution in [0.25, 0.3) is 0 Å². The monoisotopic (exact) mass is 486 g/mol. The van der Waals surface area contributed by atoms with Gasteiger partial charge in [0.1, 0.15) is 23.3 Å². The van der Waals surface area contributed by atoms with E-state index in [0.717, 1.165) is 5.57 Å². The summed E-state index contributed by atoms with van der Waals surface area (Å²) in [5.41, 5.74) is -2.85. The van der Waals surface area contributed by atoms with Gasteiger partial charge in [-0.1, -0.05) is 32.1 Å². The summed E-state index contributed by atoms with van der Waals surface area (Å²) in [5.74, 6) is -2.46. The van der Waals surface area contributed by atoms with Crippen LogP contribution < -0.4 is 0 Å². The predicted octanol–water partition coefficient (Wildman–Crippen LogP) is 2.37. The van der Waals surface area contributed by atoms with Crippen molar-refractivity contribution in [1.82, 2.24) is 0 Å². The molecule has 0 aromatic carbocycles. The first kappa shape index (κ1) is 24.8. The fourth-order valence-corrected chi connectivity index (χ4v) is 8.55. The van der Waals surface area contributed by atoms with Crippen LogP contribution in [0.2, 0.25) is 0 Å². The molecule has 1 saturated heterocycles. The van der Waals surface area contributed by atoms with E-state index in [4.69, 9.17) is 4.74 Å². The summed E-state index contributed by atoms with van der Waals surface area (Å²) < 4.78 is 5.65. The Hall–Kier alpha value is -1.83. The molecule has 0 amide bonds. The molecule has 3 fully saturated rings. The summed E-state index contributed by atoms with van der Waals surface area (Å²) in [6.07, 6.45) is 5.80. The molecule has 0 aromatic heterocycles. The van der Waals surface area contributed by atoms with Crippen molar-refractivity contribution in [3.05, 3.63) is 23.8 Å². The first-order valence-electron chi connectivity index (χ1n) is 13.1. The topological polar surface area (TPSA) is 121 Å². The minimum Gasteiger partial charge on any atom is -0.459 e. The molecular weight excluding hydrogens is 448 g/mol. The van der Waals surface area contributed by atoms with Crippen molar-refractivity contribution in [3.8, 4) is 0 Å². The molecule has 0 radical (unpaired) electrons. The van der Waals surface area contributed by atoms with E-state index in [-0.39, 0.29) is 54.0 Å². The fourth-order valence-electron chi connectivity index (χ4n) is 8.55. The number of allylic oxidation sites excluding steroid dienone is 4. The van der Waals surface area contributed by atoms with Gasteiger partial charge in [-0.25, -0.2) is 0 Å². The molecule has 35 heavy (non-hydrogen) atoms. The Morgan fingerprint density at radius 2 is 1.86 bits per heavy atom. The maximum absolute atomic E-state index is 14.0. The van der Waals surface area contributed by atoms with E-state index in [0.29, 0.717) is 19.3 Å². The van der Waals surface area contributed by atoms with Gasteiger partial charge in [-0.05, 0) is 62.4 Å². The van der Waals surface area contributed by atoms with Crippen molar-refractivity contribution in [1.29, 1.82) is 0 Å². The van der Waals surface area contributed by atoms with Gasteiger partial charge < -0.3 is 20.1 Å². The highest BCUT2D eigenvalue weighted by molar-refractivity contribution is 5.94. The summed E-state index contributed by atoms with van der Waals surface area (Å²) in [5, 5.41) is 34.1. The van der Waals surface area contributed by atoms with Gasteiger partial charge in [0.2, 0.25) is 0 Å². The second-order valence-corrected chi connectivity index (χ2v) is 12.3. The number of Topliss-reactive ketones (excluding diaryl/α,β-unsaturated/α-hetero) is 2. The SMILES string of the molecule is C[C@H]1C[C@@H]([C@](C)(O)[C@H]2[C@@H](O)C[C@H]3[C@@H]4CC=C5C=CCC(=O)[C@]5(C)[C@H]4CC(=O)[C@]23CO)OC(=O)[C@@H]1C. The summed E-state index contributed by atoms with van der Waals surface area (Å²) in [7, 11) is 0. The molecular formula is C28H38O7. The maximum atomic E-state index is 14.0. The number of aliphatic hydroxyl groups excluding tert-OH is 2. The van der Waals surface area contributed by atoms with Crippen LogP contribution >= 0.6 is 0 Å². The number of rotatable bonds is 3. The first-order valence-corrected chi connectivity index (χ1v) is 13.1. The Morgan fingerprint density at radius 3 is 2.51 bits per heavy atom. The largest absolute Gasteiger partial charge is 0.459 e. The molecule has 3 N–H and O–H groups in total. The molecule has 0 bridgehead atoms. The molecule has 1 heterocycles. The van der Waals surface area contributed by atoms with E-state index in [9.17, 15) is 29.7 Å². The Kier molecular flexibility index (Phi) is 5.74. The number of ketones is 2. The third-order valence-electron chi connectivity index (χ3n) is 10.8. The number of hydrogen-bond acceptors (Lipinski definition) is 7. The van der Waals surface area contributed by atoms with Crippen LogP contribution in [0.3, 0.4) is 0 Å². The second-order valence-electron chi connectivity index (χ2n) is 12.3. The average molecular weight is 487 g/mol. The average Bonchev–Trinajstić information content (AvgIpc) is 3.13. The number of cyclic esters (lactones) is 1. The second kappa shape index (κ2) is 8.09. The number of carbonyl (C=O) groups is 3. The van der Waals surface area contributed by atoms with E-state index in [1.807, 2.05) is 26.0 Å². The zero-order valence-corrected chi connectivity index (χ0v) is 21.1. The van der Waals surface area contributed by atoms with Crippen molar-refractivity contribution >= 4 is 17.5 Å². The minimum absolute atomic E-state index is 0.0224. The van der Waals surface area contributed by atoms with E-state index in [2.05, 4.69) is 6.08 Å². The van der Waals surface area contributed by atoms with Crippen molar-refractivity contribution in [2.45, 2.75) is 77.6 Å². The molecule has 4 aliphatic carbocycles. The lowest BCUT2D eigenvalue weighted by Gasteiger charge is -2.57. The van der Waals surface area contributed by atoms with Gasteiger partial charge in [0.25, 0.3) is 0 Å². The smallest absolute Gasteiger partial charge is 0.309 e. The third-order valence-corrected chi connectivity index (χ3v) is 10.8. The van der Waals surface area contributed by atoms with Gasteiger partial charge in [0.05, 0.1) is 29.5 Å². The molecule has 1 aliphatic heterocycles. The van der Waals surface area contributed by atoms with Gasteiger partial charge in [-0.15, -0.1) is 0 Å². The summed E-state index contributed by atoms with van der Waals surface area (Å²) in [6.45, 7) is 6.71. The normalized spacial score (nSPS) is 48.9. The van der Waals surface area contributed by atoms with E-state index in [1.54, 1.807) is 6.92 Å². The lowest BCUT2D eigenvalue weighted by atomic mass is 9.46. The van der Waals surface area contributed by atoms with Gasteiger partial charge in [0, 0.05) is 18.8 Å². The van der Waals surface area contributed by atoms with Gasteiger partial charge in [-0.2, -0.15) is 0 Å². The number of aliphatic hydroxyl groups is 3. The predicted molar refractivity (Wildman–Crippen MR) is 127 cm³/mol. The van der Waals surface area contributed by atoms with Crippen molar-refractivity contribution < 1.29 is 34.4 Å². The summed E-state index contributed by atoms with van der Waals surface area (Å²) in [4.78, 5) is 39.7. The molecule has 7 nitrogen and oxygen atoms in total. The van der Waals surface area contributed by atoms with Crippen LogP contribution in [0.1, 0.15) is 59.8 Å². The lowest BCUT2D eigenvalue weighted by molar-refractivity contribution is -0.211. The van der Waals surface area contributed by atoms with E-state index < -0.39 is 47.1 Å². The van der Waals surface area contributed by atoms with E-state index >= 15 is 0 Å². The van der Waals surface area contributed by atoms with Gasteiger partial charge in [0.15, 0.2) is 0 Å². The van der Waals surface area contributed by atoms with Crippen molar-refractivity contribution in [2.24, 2.45) is 46.3 Å². The Balaban J connectivity index is 1.55. The number of carbonyl (C=O) groups excluding carboxylic acids is 3. The molecule has 5 rings (SSSR count). The Bertz CT molecular complexity index is 1010. The number of esters is 1. The highest BCUT2D eigenvalue weighted by Crippen LogP contribution is 2.66. The fraction of sp³-hybridized carbons (Fsp3) is 0.750. The standard InChI is InChI=1S/C28H38O7/c1-14-10-23(35-25(33)15(14)2)27(4,34)24-20(30)11-19-17-9-8-16-6-5-7-21(31)26(16,3)18(17)12-22(32)28(19,24)13-29/h5-6,8,14-15,17-20,23-24,29-30,34H,7,9-13H2,1-4H3/t14-,15+,17+,18-,19-,20-,23-,24+,26-,27-,28+/m0/s1. The molecule has 11 atom stereocenters. The maximum Gasteiger partial charge on any atom is 0.309 e. The molecule has 192 valence electrons. The molecule has 5 aliphatic rings. The van der Waals surface area contributed by atoms with E-state index in [1.165, 1.54) is 6.92 Å². The van der Waals surface area contributed by atoms with Crippen molar-refractivity contribution in [3.63, 3.8) is 0 Å². The Morgan fingerprint density at radius 1 is 1.14 bits per heavy atom. The molecule has 0 unspecified atom stereocenters. The van der Waals surface area contributed by atoms with Crippen LogP contribution in [-0.2, 0) is 19.1 Å². The highest BCUT2D eigenvalue weighted by atomic mass is 16.6. The highest BCUT2D eigenvalue weighted by Gasteiger charge is 2.71. The minimum atomic E-state index is -1.70. The lowest BCUT2D eigenvalue weighted by Crippen LogP contribution is -2.64. The van der Waals surface area contributed by atoms with Crippen LogP contribution in [0.4, 0.5) is 0 Å². The molecule has 0 spiro atoms. The van der Waals surface area contributed by atoms with Crippen LogP contribution in [0.5, 0.6) is 0 Å². The number of ether oxygens (including phenoxy) is 1. The zero-order chi connectivity index (χ0) is 25.5. The summed E-state index contributed by atoms with van der Waals surface area (Å²) >= 11 is 0. The number of hydrogen-bond donors (Lipinski definition) is 3. The summed E-state index contributed by atoms with van der Waals surface area (Å²) in [6, 6.07) is 0. The van der Waals surface area contributed by atoms with Crippen molar-refractivity contribution in [2.75, 3.05) is 6.61 Å². The Labute approximate surface area is 206 Å². The molecule has 7 heteroatoms. The zero-order valence-electron chi connectivity index (χ0n) is 21.1. The van der Waals surface area contributed by atoms with Gasteiger partial charge >= 0.3 is 5.97 Å². The van der Waals surface area contributed by atoms with Gasteiger partial charge in [-0.3, -0.25) is 14.4 Å². The van der Waals surface area contributed by atoms with Crippen LogP contribution in [-0.4, -0.2) is 57.3 Å². The molecule has 2 saturated carbocycles. The van der Waals surface area contributed by atoms with Crippen LogP contribution in [0.15, 0.2) is 23.8 Å². The first-order chi connectivity index (χ1) is 16.4.